The summed E-state index contributed by atoms with van der Waals surface area (Å²) in [6.07, 6.45) is 0.941. The number of halogens is 1. The second-order valence-electron chi connectivity index (χ2n) is 6.19. The third-order valence-electron chi connectivity index (χ3n) is 4.45. The van der Waals surface area contributed by atoms with E-state index in [-0.39, 0.29) is 11.8 Å². The molecule has 1 aliphatic carbocycles. The van der Waals surface area contributed by atoms with Gasteiger partial charge < -0.3 is 5.32 Å². The minimum Gasteiger partial charge on any atom is -0.326 e. The lowest BCUT2D eigenvalue weighted by atomic mass is 10.1. The van der Waals surface area contributed by atoms with Crippen molar-refractivity contribution in [3.05, 3.63) is 64.1 Å². The van der Waals surface area contributed by atoms with Gasteiger partial charge in [0.25, 0.3) is 0 Å². The predicted molar refractivity (Wildman–Crippen MR) is 108 cm³/mol. The van der Waals surface area contributed by atoms with Crippen molar-refractivity contribution < 1.29 is 4.79 Å². The number of hydrogen-bond donors (Lipinski definition) is 1. The molecule has 2 aromatic rings. The van der Waals surface area contributed by atoms with Gasteiger partial charge in [-0.2, -0.15) is 0 Å². The monoisotopic (exact) mass is 419 g/mol. The number of rotatable bonds is 4. The van der Waals surface area contributed by atoms with E-state index < -0.39 is 0 Å². The Morgan fingerprint density at radius 1 is 1.04 bits per heavy atom. The van der Waals surface area contributed by atoms with Crippen LogP contribution in [0.25, 0.3) is 0 Å². The van der Waals surface area contributed by atoms with Crippen molar-refractivity contribution in [3.63, 3.8) is 0 Å². The molecule has 24 heavy (non-hydrogen) atoms. The van der Waals surface area contributed by atoms with Gasteiger partial charge in [-0.3, -0.25) is 4.79 Å². The number of anilines is 1. The van der Waals surface area contributed by atoms with Crippen molar-refractivity contribution in [2.75, 3.05) is 16.8 Å². The van der Waals surface area contributed by atoms with Gasteiger partial charge in [-0.15, -0.1) is 23.5 Å². The molecule has 0 spiro atoms. The van der Waals surface area contributed by atoms with E-state index in [1.165, 1.54) is 22.6 Å². The topological polar surface area (TPSA) is 29.1 Å². The van der Waals surface area contributed by atoms with Gasteiger partial charge in [0, 0.05) is 27.6 Å². The van der Waals surface area contributed by atoms with Crippen molar-refractivity contribution in [2.24, 2.45) is 5.92 Å². The predicted octanol–water partition coefficient (Wildman–Crippen LogP) is 5.67. The Hall–Kier alpha value is -0.910. The molecule has 1 saturated heterocycles. The Bertz CT molecular complexity index is 761. The van der Waals surface area contributed by atoms with Gasteiger partial charge in [-0.25, -0.2) is 0 Å². The molecule has 2 unspecified atom stereocenters. The van der Waals surface area contributed by atoms with E-state index in [1.54, 1.807) is 0 Å². The zero-order valence-corrected chi connectivity index (χ0v) is 16.3. The summed E-state index contributed by atoms with van der Waals surface area (Å²) < 4.78 is 1.59. The standard InChI is InChI=1S/C19H18BrNOS2/c20-14-5-1-3-12(9-14)16-11-17(16)18(22)21-15-6-2-4-13(10-15)19-23-7-8-24-19/h1-6,9-10,16-17,19H,7-8,11H2,(H,21,22). The van der Waals surface area contributed by atoms with Crippen LogP contribution in [-0.2, 0) is 4.79 Å². The summed E-state index contributed by atoms with van der Waals surface area (Å²) in [7, 11) is 0. The summed E-state index contributed by atoms with van der Waals surface area (Å²) in [6.45, 7) is 0. The first-order valence-electron chi connectivity index (χ1n) is 8.10. The van der Waals surface area contributed by atoms with Crippen LogP contribution in [-0.4, -0.2) is 17.4 Å². The summed E-state index contributed by atoms with van der Waals surface area (Å²) in [5, 5.41) is 3.11. The van der Waals surface area contributed by atoms with Crippen LogP contribution in [0, 0.1) is 5.92 Å². The van der Waals surface area contributed by atoms with Gasteiger partial charge in [0.15, 0.2) is 0 Å². The second kappa shape index (κ2) is 7.14. The molecular weight excluding hydrogens is 402 g/mol. The van der Waals surface area contributed by atoms with E-state index in [4.69, 9.17) is 0 Å². The van der Waals surface area contributed by atoms with Gasteiger partial charge >= 0.3 is 0 Å². The molecular formula is C19H18BrNOS2. The maximum absolute atomic E-state index is 12.5. The molecule has 0 aromatic heterocycles. The Morgan fingerprint density at radius 3 is 2.58 bits per heavy atom. The summed E-state index contributed by atoms with van der Waals surface area (Å²) in [5.74, 6) is 3.01. The van der Waals surface area contributed by atoms with Crippen LogP contribution >= 0.6 is 39.5 Å². The molecule has 4 rings (SSSR count). The Morgan fingerprint density at radius 2 is 1.79 bits per heavy atom. The molecule has 1 N–H and O–H groups in total. The SMILES string of the molecule is O=C(Nc1cccc(C2SCCS2)c1)C1CC1c1cccc(Br)c1. The molecule has 5 heteroatoms. The molecule has 1 saturated carbocycles. The molecule has 0 radical (unpaired) electrons. The normalized spacial score (nSPS) is 23.2. The smallest absolute Gasteiger partial charge is 0.228 e. The Labute approximate surface area is 159 Å². The minimum atomic E-state index is 0.0955. The molecule has 124 valence electrons. The number of carbonyl (C=O) groups is 1. The lowest BCUT2D eigenvalue weighted by molar-refractivity contribution is -0.117. The first-order valence-corrected chi connectivity index (χ1v) is 11.0. The minimum absolute atomic E-state index is 0.0955. The number of nitrogens with one attached hydrogen (secondary N) is 1. The number of benzene rings is 2. The highest BCUT2D eigenvalue weighted by molar-refractivity contribution is 9.10. The van der Waals surface area contributed by atoms with Crippen LogP contribution in [0.5, 0.6) is 0 Å². The fourth-order valence-electron chi connectivity index (χ4n) is 3.14. The Balaban J connectivity index is 1.41. The van der Waals surface area contributed by atoms with Crippen LogP contribution < -0.4 is 5.32 Å². The third kappa shape index (κ3) is 3.68. The van der Waals surface area contributed by atoms with Gasteiger partial charge in [0.2, 0.25) is 5.91 Å². The van der Waals surface area contributed by atoms with Crippen molar-refractivity contribution in [3.8, 4) is 0 Å². The van der Waals surface area contributed by atoms with Gasteiger partial charge in [0.1, 0.15) is 0 Å². The van der Waals surface area contributed by atoms with E-state index >= 15 is 0 Å². The molecule has 1 amide bonds. The summed E-state index contributed by atoms with van der Waals surface area (Å²) in [6, 6.07) is 16.6. The molecule has 2 aliphatic rings. The average molecular weight is 420 g/mol. The van der Waals surface area contributed by atoms with Gasteiger partial charge in [-0.1, -0.05) is 40.2 Å². The van der Waals surface area contributed by atoms with Crippen LogP contribution in [0.2, 0.25) is 0 Å². The van der Waals surface area contributed by atoms with Crippen molar-refractivity contribution in [2.45, 2.75) is 16.9 Å². The second-order valence-corrected chi connectivity index (χ2v) is 9.83. The van der Waals surface area contributed by atoms with E-state index in [0.29, 0.717) is 10.5 Å². The van der Waals surface area contributed by atoms with Crippen molar-refractivity contribution in [1.29, 1.82) is 0 Å². The number of carbonyl (C=O) groups excluding carboxylic acids is 1. The molecule has 2 nitrogen and oxygen atoms in total. The van der Waals surface area contributed by atoms with Crippen LogP contribution in [0.3, 0.4) is 0 Å². The highest BCUT2D eigenvalue weighted by Gasteiger charge is 2.44. The van der Waals surface area contributed by atoms with Crippen LogP contribution in [0.4, 0.5) is 5.69 Å². The summed E-state index contributed by atoms with van der Waals surface area (Å²) >= 11 is 7.48. The zero-order valence-electron chi connectivity index (χ0n) is 13.1. The van der Waals surface area contributed by atoms with E-state index in [0.717, 1.165) is 16.6 Å². The van der Waals surface area contributed by atoms with Crippen molar-refractivity contribution in [1.82, 2.24) is 0 Å². The fraction of sp³-hybridized carbons (Fsp3) is 0.316. The number of amides is 1. The van der Waals surface area contributed by atoms with Gasteiger partial charge in [0.05, 0.1) is 4.58 Å². The largest absolute Gasteiger partial charge is 0.326 e. The van der Waals surface area contributed by atoms with E-state index in [9.17, 15) is 4.79 Å². The highest BCUT2D eigenvalue weighted by atomic mass is 79.9. The first kappa shape index (κ1) is 16.6. The lowest BCUT2D eigenvalue weighted by Crippen LogP contribution is -2.14. The summed E-state index contributed by atoms with van der Waals surface area (Å²) in [4.78, 5) is 12.5. The third-order valence-corrected chi connectivity index (χ3v) is 8.05. The first-order chi connectivity index (χ1) is 11.7. The zero-order chi connectivity index (χ0) is 16.5. The highest BCUT2D eigenvalue weighted by Crippen LogP contribution is 2.49. The molecule has 0 bridgehead atoms. The van der Waals surface area contributed by atoms with Crippen molar-refractivity contribution >= 4 is 51.0 Å². The van der Waals surface area contributed by atoms with Gasteiger partial charge in [-0.05, 0) is 47.7 Å². The summed E-state index contributed by atoms with van der Waals surface area (Å²) in [5.41, 5.74) is 3.47. The molecule has 2 atom stereocenters. The van der Waals surface area contributed by atoms with Crippen LogP contribution in [0.1, 0.15) is 28.0 Å². The fourth-order valence-corrected chi connectivity index (χ4v) is 6.39. The maximum atomic E-state index is 12.5. The molecule has 2 fully saturated rings. The average Bonchev–Trinajstić information content (AvgIpc) is 3.21. The molecule has 1 heterocycles. The van der Waals surface area contributed by atoms with E-state index in [1.807, 2.05) is 47.8 Å². The van der Waals surface area contributed by atoms with E-state index in [2.05, 4.69) is 45.5 Å². The maximum Gasteiger partial charge on any atom is 0.228 e. The number of hydrogen-bond acceptors (Lipinski definition) is 3. The molecule has 1 aliphatic heterocycles. The van der Waals surface area contributed by atoms with Crippen LogP contribution in [0.15, 0.2) is 53.0 Å². The molecule has 2 aromatic carbocycles. The number of thioether (sulfide) groups is 2. The quantitative estimate of drug-likeness (QED) is 0.691. The lowest BCUT2D eigenvalue weighted by Gasteiger charge is -2.11. The Kier molecular flexibility index (Phi) is 4.93.